The lowest BCUT2D eigenvalue weighted by molar-refractivity contribution is -0.162. The predicted molar refractivity (Wildman–Crippen MR) is 149 cm³/mol. The SMILES string of the molecule is CCS(=O)(=O)N(CC(C1CC1)N1C(=O)[C@@](C)(CC(=O)O)C[C@H](c2cccc(Cl)c2)[C@H]1c1ccc(Cl)cc1)C(F)F. The maximum Gasteiger partial charge on any atom is 0.307 e. The Kier molecular flexibility index (Phi) is 9.14. The Bertz CT molecular complexity index is 1360. The van der Waals surface area contributed by atoms with Gasteiger partial charge in [-0.3, -0.25) is 9.59 Å². The van der Waals surface area contributed by atoms with Gasteiger partial charge in [-0.2, -0.15) is 8.78 Å². The monoisotopic (exact) mass is 616 g/mol. The number of alkyl halides is 2. The summed E-state index contributed by atoms with van der Waals surface area (Å²) in [7, 11) is -4.31. The number of carbonyl (C=O) groups is 2. The van der Waals surface area contributed by atoms with Crippen LogP contribution in [0.3, 0.4) is 0 Å². The van der Waals surface area contributed by atoms with Gasteiger partial charge in [0.2, 0.25) is 15.9 Å². The Balaban J connectivity index is 1.93. The molecule has 0 bridgehead atoms. The van der Waals surface area contributed by atoms with E-state index in [2.05, 4.69) is 0 Å². The van der Waals surface area contributed by atoms with Crippen LogP contribution in [0.5, 0.6) is 0 Å². The highest BCUT2D eigenvalue weighted by atomic mass is 35.5. The third-order valence-electron chi connectivity index (χ3n) is 7.96. The Hall–Kier alpha value is -2.27. The Morgan fingerprint density at radius 3 is 2.30 bits per heavy atom. The number of carbonyl (C=O) groups excluding carboxylic acids is 1. The van der Waals surface area contributed by atoms with Crippen molar-refractivity contribution in [1.29, 1.82) is 0 Å². The molecule has 0 spiro atoms. The van der Waals surface area contributed by atoms with Crippen LogP contribution in [0, 0.1) is 11.3 Å². The van der Waals surface area contributed by atoms with E-state index in [1.165, 1.54) is 11.8 Å². The molecule has 1 heterocycles. The second-order valence-electron chi connectivity index (χ2n) is 10.9. The van der Waals surface area contributed by atoms with E-state index in [4.69, 9.17) is 23.2 Å². The second kappa shape index (κ2) is 11.9. The minimum atomic E-state index is -4.31. The average molecular weight is 618 g/mol. The molecule has 1 saturated carbocycles. The van der Waals surface area contributed by atoms with Crippen molar-refractivity contribution < 1.29 is 31.9 Å². The molecule has 40 heavy (non-hydrogen) atoms. The number of carboxylic acids is 1. The topological polar surface area (TPSA) is 95.0 Å². The van der Waals surface area contributed by atoms with Gasteiger partial charge in [-0.15, -0.1) is 4.31 Å². The molecule has 0 aromatic heterocycles. The predicted octanol–water partition coefficient (Wildman–Crippen LogP) is 6.18. The number of hydrogen-bond acceptors (Lipinski definition) is 4. The number of amides is 1. The van der Waals surface area contributed by atoms with Crippen molar-refractivity contribution in [1.82, 2.24) is 9.21 Å². The van der Waals surface area contributed by atoms with Crippen LogP contribution in [0.4, 0.5) is 8.78 Å². The molecule has 1 aliphatic carbocycles. The zero-order valence-electron chi connectivity index (χ0n) is 22.1. The molecule has 2 aromatic carbocycles. The Morgan fingerprint density at radius 2 is 1.77 bits per heavy atom. The third-order valence-corrected chi connectivity index (χ3v) is 10.2. The van der Waals surface area contributed by atoms with E-state index in [1.54, 1.807) is 49.4 Å². The highest BCUT2D eigenvalue weighted by molar-refractivity contribution is 7.89. The van der Waals surface area contributed by atoms with Crippen molar-refractivity contribution in [3.63, 3.8) is 0 Å². The summed E-state index contributed by atoms with van der Waals surface area (Å²) >= 11 is 12.5. The van der Waals surface area contributed by atoms with Crippen molar-refractivity contribution in [2.24, 2.45) is 11.3 Å². The zero-order chi connectivity index (χ0) is 29.4. The molecule has 2 fully saturated rings. The van der Waals surface area contributed by atoms with Crippen LogP contribution >= 0.6 is 23.2 Å². The molecular weight excluding hydrogens is 585 g/mol. The van der Waals surface area contributed by atoms with Gasteiger partial charge in [-0.1, -0.05) is 54.4 Å². The van der Waals surface area contributed by atoms with Gasteiger partial charge in [0, 0.05) is 28.5 Å². The summed E-state index contributed by atoms with van der Waals surface area (Å²) < 4.78 is 54.0. The van der Waals surface area contributed by atoms with Gasteiger partial charge >= 0.3 is 12.5 Å². The molecule has 1 unspecified atom stereocenters. The van der Waals surface area contributed by atoms with E-state index >= 15 is 0 Å². The number of sulfonamides is 1. The van der Waals surface area contributed by atoms with Gasteiger partial charge in [0.1, 0.15) is 0 Å². The minimum absolute atomic E-state index is 0.158. The summed E-state index contributed by atoms with van der Waals surface area (Å²) in [6.07, 6.45) is 0.937. The number of halogens is 4. The van der Waals surface area contributed by atoms with Gasteiger partial charge < -0.3 is 10.0 Å². The van der Waals surface area contributed by atoms with E-state index in [-0.39, 0.29) is 16.6 Å². The number of likely N-dealkylation sites (tertiary alicyclic amines) is 1. The first kappa shape index (κ1) is 30.7. The van der Waals surface area contributed by atoms with Gasteiger partial charge in [-0.25, -0.2) is 8.42 Å². The van der Waals surface area contributed by atoms with Crippen LogP contribution in [0.25, 0.3) is 0 Å². The molecule has 1 saturated heterocycles. The smallest absolute Gasteiger partial charge is 0.307 e. The van der Waals surface area contributed by atoms with Crippen molar-refractivity contribution in [2.75, 3.05) is 12.3 Å². The van der Waals surface area contributed by atoms with E-state index in [9.17, 15) is 31.9 Å². The first-order chi connectivity index (χ1) is 18.8. The first-order valence-corrected chi connectivity index (χ1v) is 15.5. The van der Waals surface area contributed by atoms with Crippen LogP contribution in [-0.2, 0) is 19.6 Å². The van der Waals surface area contributed by atoms with Gasteiger partial charge in [-0.05, 0) is 67.5 Å². The van der Waals surface area contributed by atoms with Crippen LogP contribution < -0.4 is 0 Å². The molecule has 4 rings (SSSR count). The molecular formula is C28H32Cl2F2N2O5S. The summed E-state index contributed by atoms with van der Waals surface area (Å²) in [6, 6.07) is 12.3. The minimum Gasteiger partial charge on any atom is -0.481 e. The maximum atomic E-state index is 14.4. The third kappa shape index (κ3) is 6.45. The van der Waals surface area contributed by atoms with E-state index in [0.717, 1.165) is 5.56 Å². The largest absolute Gasteiger partial charge is 0.481 e. The summed E-state index contributed by atoms with van der Waals surface area (Å²) in [5.41, 5.74) is 0.0458. The lowest BCUT2D eigenvalue weighted by Crippen LogP contribution is -2.59. The van der Waals surface area contributed by atoms with Gasteiger partial charge in [0.15, 0.2) is 0 Å². The normalized spacial score (nSPS) is 24.5. The molecule has 1 N–H and O–H groups in total. The molecule has 7 nitrogen and oxygen atoms in total. The highest BCUT2D eigenvalue weighted by Gasteiger charge is 2.55. The number of hydrogen-bond donors (Lipinski definition) is 1. The van der Waals surface area contributed by atoms with Crippen molar-refractivity contribution in [3.05, 3.63) is 69.7 Å². The van der Waals surface area contributed by atoms with E-state index in [1.807, 2.05) is 6.07 Å². The number of aliphatic carboxylic acids is 1. The number of rotatable bonds is 11. The lowest BCUT2D eigenvalue weighted by atomic mass is 9.67. The van der Waals surface area contributed by atoms with Gasteiger partial charge in [0.25, 0.3) is 0 Å². The van der Waals surface area contributed by atoms with Crippen LogP contribution in [0.15, 0.2) is 48.5 Å². The second-order valence-corrected chi connectivity index (χ2v) is 13.9. The number of carboxylic acid groups (broad SMARTS) is 1. The van der Waals surface area contributed by atoms with Crippen molar-refractivity contribution >= 4 is 45.1 Å². The summed E-state index contributed by atoms with van der Waals surface area (Å²) in [6.45, 7) is -1.03. The average Bonchev–Trinajstić information content (AvgIpc) is 3.72. The van der Waals surface area contributed by atoms with Crippen molar-refractivity contribution in [2.45, 2.75) is 64.1 Å². The standard InChI is InChI=1S/C28H32Cl2F2N2O5S/c1-3-40(38,39)33(27(31)32)16-23(17-7-8-17)34-25(18-9-11-20(29)12-10-18)22(19-5-4-6-21(30)13-19)14-28(2,26(34)37)15-24(35)36/h4-6,9-13,17,22-23,25,27H,3,7-8,14-16H2,1-2H3,(H,35,36)/t22-,23?,25-,28-/m1/s1. The molecule has 218 valence electrons. The summed E-state index contributed by atoms with van der Waals surface area (Å²) in [5.74, 6) is -2.89. The molecule has 12 heteroatoms. The Morgan fingerprint density at radius 1 is 1.12 bits per heavy atom. The fourth-order valence-electron chi connectivity index (χ4n) is 5.85. The Labute approximate surface area is 243 Å². The molecule has 4 atom stereocenters. The van der Waals surface area contributed by atoms with Gasteiger partial charge in [0.05, 0.1) is 23.6 Å². The van der Waals surface area contributed by atoms with Crippen LogP contribution in [0.1, 0.15) is 62.6 Å². The van der Waals surface area contributed by atoms with Crippen LogP contribution in [-0.4, -0.2) is 59.5 Å². The maximum absolute atomic E-state index is 14.4. The lowest BCUT2D eigenvalue weighted by Gasteiger charge is -2.52. The summed E-state index contributed by atoms with van der Waals surface area (Å²) in [5, 5.41) is 10.7. The van der Waals surface area contributed by atoms with Crippen LogP contribution in [0.2, 0.25) is 10.0 Å². The molecule has 1 amide bonds. The fraction of sp³-hybridized carbons (Fsp3) is 0.500. The quantitative estimate of drug-likeness (QED) is 0.304. The molecule has 0 radical (unpaired) electrons. The van der Waals surface area contributed by atoms with Crippen molar-refractivity contribution in [3.8, 4) is 0 Å². The first-order valence-electron chi connectivity index (χ1n) is 13.1. The fourth-order valence-corrected chi connectivity index (χ4v) is 7.13. The summed E-state index contributed by atoms with van der Waals surface area (Å²) in [4.78, 5) is 27.8. The number of nitrogens with zero attached hydrogens (tertiary/aromatic N) is 2. The highest BCUT2D eigenvalue weighted by Crippen LogP contribution is 2.54. The number of piperidine rings is 1. The number of benzene rings is 2. The molecule has 2 aromatic rings. The van der Waals surface area contributed by atoms with E-state index < -0.39 is 70.6 Å². The van der Waals surface area contributed by atoms with E-state index in [0.29, 0.717) is 28.5 Å². The zero-order valence-corrected chi connectivity index (χ0v) is 24.5. The molecule has 1 aliphatic heterocycles. The molecule has 2 aliphatic rings.